The number of fused-ring (bicyclic) bond motifs is 3. The second-order valence-corrected chi connectivity index (χ2v) is 6.45. The van der Waals surface area contributed by atoms with Gasteiger partial charge in [0, 0.05) is 11.4 Å². The third-order valence-electron chi connectivity index (χ3n) is 3.58. The Morgan fingerprint density at radius 3 is 3.00 bits per heavy atom. The molecule has 2 aromatic rings. The maximum absolute atomic E-state index is 6.34. The van der Waals surface area contributed by atoms with Crippen LogP contribution in [0.15, 0.2) is 0 Å². The van der Waals surface area contributed by atoms with E-state index in [0.717, 1.165) is 29.6 Å². The number of nitrogens with zero attached hydrogens (tertiary/aromatic N) is 2. The Bertz CT molecular complexity index is 594. The fourth-order valence-corrected chi connectivity index (χ4v) is 4.21. The molecule has 0 saturated heterocycles. The molecule has 0 radical (unpaired) electrons. The van der Waals surface area contributed by atoms with E-state index in [-0.39, 0.29) is 0 Å². The zero-order chi connectivity index (χ0) is 13.2. The van der Waals surface area contributed by atoms with Gasteiger partial charge >= 0.3 is 0 Å². The van der Waals surface area contributed by atoms with Crippen LogP contribution in [0.4, 0.5) is 5.95 Å². The van der Waals surface area contributed by atoms with Crippen molar-refractivity contribution >= 4 is 39.1 Å². The Balaban J connectivity index is 1.84. The van der Waals surface area contributed by atoms with Crippen LogP contribution in [0, 0.1) is 0 Å². The third kappa shape index (κ3) is 2.56. The number of aryl methyl sites for hydroxylation is 2. The molecule has 0 unspecified atom stereocenters. The lowest BCUT2D eigenvalue weighted by atomic mass is 10.2. The van der Waals surface area contributed by atoms with Gasteiger partial charge in [0.05, 0.1) is 5.39 Å². The average molecular weight is 296 g/mol. The summed E-state index contributed by atoms with van der Waals surface area (Å²) in [6.45, 7) is 3.12. The number of unbranched alkanes of at least 4 members (excludes halogenated alkanes) is 2. The largest absolute Gasteiger partial charge is 0.354 e. The van der Waals surface area contributed by atoms with E-state index in [4.69, 9.17) is 11.6 Å². The number of nitrogens with one attached hydrogen (secondary N) is 1. The first-order valence-corrected chi connectivity index (χ1v) is 8.20. The molecule has 0 aliphatic heterocycles. The van der Waals surface area contributed by atoms with Gasteiger partial charge in [0.25, 0.3) is 0 Å². The first-order chi connectivity index (χ1) is 9.29. The third-order valence-corrected chi connectivity index (χ3v) is 5.04. The lowest BCUT2D eigenvalue weighted by molar-refractivity contribution is 0.741. The summed E-state index contributed by atoms with van der Waals surface area (Å²) in [6.07, 6.45) is 7.14. The average Bonchev–Trinajstić information content (AvgIpc) is 2.94. The molecule has 1 N–H and O–H groups in total. The molecule has 3 rings (SSSR count). The Morgan fingerprint density at radius 2 is 2.16 bits per heavy atom. The Hall–Kier alpha value is -0.870. The van der Waals surface area contributed by atoms with E-state index >= 15 is 0 Å². The van der Waals surface area contributed by atoms with Crippen molar-refractivity contribution in [1.82, 2.24) is 9.97 Å². The topological polar surface area (TPSA) is 37.8 Å². The molecule has 0 spiro atoms. The minimum Gasteiger partial charge on any atom is -0.354 e. The van der Waals surface area contributed by atoms with Gasteiger partial charge in [0.1, 0.15) is 9.98 Å². The molecule has 5 heteroatoms. The minimum absolute atomic E-state index is 0.613. The van der Waals surface area contributed by atoms with Gasteiger partial charge in [0.15, 0.2) is 0 Å². The Labute approximate surface area is 122 Å². The second kappa shape index (κ2) is 5.63. The second-order valence-electron chi connectivity index (χ2n) is 5.01. The molecule has 0 aromatic carbocycles. The van der Waals surface area contributed by atoms with Gasteiger partial charge in [-0.2, -0.15) is 0 Å². The lowest BCUT2D eigenvalue weighted by Gasteiger charge is -2.05. The van der Waals surface area contributed by atoms with Crippen molar-refractivity contribution in [1.29, 1.82) is 0 Å². The number of thiophene rings is 1. The Morgan fingerprint density at radius 1 is 1.26 bits per heavy atom. The number of hydrogen-bond acceptors (Lipinski definition) is 4. The number of aromatic nitrogens is 2. The standard InChI is InChI=1S/C14H18ClN3S/c1-2-3-4-8-16-14-17-12(15)11-9-6-5-7-10(9)19-13(11)18-14/h2-8H2,1H3,(H,16,17,18). The van der Waals surface area contributed by atoms with E-state index in [2.05, 4.69) is 22.2 Å². The highest BCUT2D eigenvalue weighted by atomic mass is 35.5. The molecule has 2 aromatic heterocycles. The molecule has 1 aliphatic carbocycles. The van der Waals surface area contributed by atoms with Crippen LogP contribution in [0.25, 0.3) is 10.2 Å². The number of anilines is 1. The SMILES string of the molecule is CCCCCNc1nc(Cl)c2c3c(sc2n1)CCC3. The summed E-state index contributed by atoms with van der Waals surface area (Å²) in [5, 5.41) is 4.99. The van der Waals surface area contributed by atoms with Crippen LogP contribution >= 0.6 is 22.9 Å². The molecule has 1 aliphatic rings. The summed E-state index contributed by atoms with van der Waals surface area (Å²) in [5.41, 5.74) is 1.39. The van der Waals surface area contributed by atoms with Crippen LogP contribution in [0.1, 0.15) is 43.0 Å². The van der Waals surface area contributed by atoms with Crippen LogP contribution in [-0.2, 0) is 12.8 Å². The van der Waals surface area contributed by atoms with Crippen molar-refractivity contribution in [3.8, 4) is 0 Å². The maximum Gasteiger partial charge on any atom is 0.225 e. The van der Waals surface area contributed by atoms with E-state index in [1.165, 1.54) is 36.1 Å². The number of rotatable bonds is 5. The van der Waals surface area contributed by atoms with Crippen LogP contribution in [0.3, 0.4) is 0 Å². The van der Waals surface area contributed by atoms with E-state index in [1.54, 1.807) is 11.3 Å². The summed E-state index contributed by atoms with van der Waals surface area (Å²) in [7, 11) is 0. The van der Waals surface area contributed by atoms with Crippen molar-refractivity contribution in [2.45, 2.75) is 45.4 Å². The summed E-state index contributed by atoms with van der Waals surface area (Å²) >= 11 is 8.13. The molecule has 0 atom stereocenters. The van der Waals surface area contributed by atoms with E-state index in [1.807, 2.05) is 0 Å². The molecule has 2 heterocycles. The van der Waals surface area contributed by atoms with E-state index in [9.17, 15) is 0 Å². The molecular formula is C14H18ClN3S. The lowest BCUT2D eigenvalue weighted by Crippen LogP contribution is -2.05. The summed E-state index contributed by atoms with van der Waals surface area (Å²) in [6, 6.07) is 0. The minimum atomic E-state index is 0.613. The zero-order valence-corrected chi connectivity index (χ0v) is 12.7. The predicted octanol–water partition coefficient (Wildman–Crippen LogP) is 4.44. The molecule has 19 heavy (non-hydrogen) atoms. The van der Waals surface area contributed by atoms with Crippen LogP contribution in [-0.4, -0.2) is 16.5 Å². The zero-order valence-electron chi connectivity index (χ0n) is 11.1. The first-order valence-electron chi connectivity index (χ1n) is 7.01. The highest BCUT2D eigenvalue weighted by Crippen LogP contribution is 2.39. The first kappa shape index (κ1) is 13.1. The van der Waals surface area contributed by atoms with Crippen molar-refractivity contribution in [2.24, 2.45) is 0 Å². The van der Waals surface area contributed by atoms with Gasteiger partial charge in [0.2, 0.25) is 5.95 Å². The Kier molecular flexibility index (Phi) is 3.89. The summed E-state index contributed by atoms with van der Waals surface area (Å²) in [5.74, 6) is 0.675. The molecule has 0 amide bonds. The summed E-state index contributed by atoms with van der Waals surface area (Å²) in [4.78, 5) is 11.5. The quantitative estimate of drug-likeness (QED) is 0.655. The van der Waals surface area contributed by atoms with Gasteiger partial charge in [-0.25, -0.2) is 9.97 Å². The molecule has 0 fully saturated rings. The van der Waals surface area contributed by atoms with Gasteiger partial charge in [-0.05, 0) is 31.2 Å². The highest BCUT2D eigenvalue weighted by molar-refractivity contribution is 7.19. The van der Waals surface area contributed by atoms with Crippen molar-refractivity contribution in [2.75, 3.05) is 11.9 Å². The van der Waals surface area contributed by atoms with Gasteiger partial charge < -0.3 is 5.32 Å². The normalized spacial score (nSPS) is 14.0. The van der Waals surface area contributed by atoms with Crippen LogP contribution < -0.4 is 5.32 Å². The van der Waals surface area contributed by atoms with Crippen molar-refractivity contribution in [3.05, 3.63) is 15.6 Å². The van der Waals surface area contributed by atoms with Gasteiger partial charge in [-0.1, -0.05) is 31.4 Å². The molecule has 0 bridgehead atoms. The van der Waals surface area contributed by atoms with Crippen molar-refractivity contribution < 1.29 is 0 Å². The van der Waals surface area contributed by atoms with E-state index < -0.39 is 0 Å². The smallest absolute Gasteiger partial charge is 0.225 e. The maximum atomic E-state index is 6.34. The summed E-state index contributed by atoms with van der Waals surface area (Å²) < 4.78 is 0. The van der Waals surface area contributed by atoms with E-state index in [0.29, 0.717) is 11.1 Å². The van der Waals surface area contributed by atoms with Gasteiger partial charge in [-0.3, -0.25) is 0 Å². The van der Waals surface area contributed by atoms with Gasteiger partial charge in [-0.15, -0.1) is 11.3 Å². The van der Waals surface area contributed by atoms with Crippen molar-refractivity contribution in [3.63, 3.8) is 0 Å². The number of hydrogen-bond donors (Lipinski definition) is 1. The molecule has 3 nitrogen and oxygen atoms in total. The predicted molar refractivity (Wildman–Crippen MR) is 82.5 cm³/mol. The highest BCUT2D eigenvalue weighted by Gasteiger charge is 2.21. The molecular weight excluding hydrogens is 278 g/mol. The van der Waals surface area contributed by atoms with Crippen LogP contribution in [0.5, 0.6) is 0 Å². The monoisotopic (exact) mass is 295 g/mol. The fraction of sp³-hybridized carbons (Fsp3) is 0.571. The molecule has 102 valence electrons. The van der Waals surface area contributed by atoms with Crippen LogP contribution in [0.2, 0.25) is 5.15 Å². The fourth-order valence-electron chi connectivity index (χ4n) is 2.61. The molecule has 0 saturated carbocycles. The number of halogens is 1.